The maximum Gasteiger partial charge on any atom is 0.299 e. The van der Waals surface area contributed by atoms with E-state index in [2.05, 4.69) is 10.3 Å². The molecule has 0 amide bonds. The topological polar surface area (TPSA) is 38.1 Å². The second-order valence-corrected chi connectivity index (χ2v) is 2.75. The molecule has 4 heteroatoms. The average Bonchev–Trinajstić information content (AvgIpc) is 2.60. The van der Waals surface area contributed by atoms with Crippen molar-refractivity contribution in [3.8, 4) is 0 Å². The number of thiophene rings is 1. The lowest BCUT2D eigenvalue weighted by molar-refractivity contribution is 0.578. The molecule has 11 heavy (non-hydrogen) atoms. The highest BCUT2D eigenvalue weighted by Gasteiger charge is 1.96. The molecule has 3 nitrogen and oxygen atoms in total. The smallest absolute Gasteiger partial charge is 0.299 e. The molecule has 0 radical (unpaired) electrons. The monoisotopic (exact) mass is 166 g/mol. The molecule has 1 N–H and O–H groups in total. The van der Waals surface area contributed by atoms with Crippen LogP contribution in [-0.4, -0.2) is 4.98 Å². The highest BCUT2D eigenvalue weighted by molar-refractivity contribution is 7.08. The molecule has 2 aromatic heterocycles. The highest BCUT2D eigenvalue weighted by Crippen LogP contribution is 2.16. The largest absolute Gasteiger partial charge is 0.432 e. The summed E-state index contributed by atoms with van der Waals surface area (Å²) >= 11 is 1.63. The van der Waals surface area contributed by atoms with Crippen LogP contribution in [-0.2, 0) is 0 Å². The zero-order valence-corrected chi connectivity index (χ0v) is 6.47. The zero-order valence-electron chi connectivity index (χ0n) is 5.65. The van der Waals surface area contributed by atoms with Crippen LogP contribution in [0.4, 0.5) is 11.7 Å². The fourth-order valence-corrected chi connectivity index (χ4v) is 1.33. The summed E-state index contributed by atoms with van der Waals surface area (Å²) in [4.78, 5) is 3.92. The quantitative estimate of drug-likeness (QED) is 0.744. The molecule has 0 saturated carbocycles. The van der Waals surface area contributed by atoms with Crippen LogP contribution in [0.5, 0.6) is 0 Å². The van der Waals surface area contributed by atoms with Crippen LogP contribution in [0.3, 0.4) is 0 Å². The van der Waals surface area contributed by atoms with E-state index in [1.54, 1.807) is 17.5 Å². The van der Waals surface area contributed by atoms with Crippen molar-refractivity contribution in [3.63, 3.8) is 0 Å². The van der Waals surface area contributed by atoms with Gasteiger partial charge in [0, 0.05) is 5.38 Å². The normalized spacial score (nSPS) is 9.82. The Morgan fingerprint density at radius 1 is 1.55 bits per heavy atom. The molecule has 0 aliphatic rings. The van der Waals surface area contributed by atoms with E-state index in [1.165, 1.54) is 6.26 Å². The van der Waals surface area contributed by atoms with Gasteiger partial charge in [-0.2, -0.15) is 11.3 Å². The first-order valence-corrected chi connectivity index (χ1v) is 4.08. The molecule has 0 unspecified atom stereocenters. The number of hydrogen-bond acceptors (Lipinski definition) is 4. The lowest BCUT2D eigenvalue weighted by atomic mass is 10.5. The van der Waals surface area contributed by atoms with E-state index >= 15 is 0 Å². The van der Waals surface area contributed by atoms with Crippen LogP contribution >= 0.6 is 11.3 Å². The lowest BCUT2D eigenvalue weighted by Gasteiger charge is -1.94. The van der Waals surface area contributed by atoms with Crippen LogP contribution in [0.1, 0.15) is 0 Å². The van der Waals surface area contributed by atoms with Crippen LogP contribution in [0.15, 0.2) is 33.7 Å². The van der Waals surface area contributed by atoms with Crippen molar-refractivity contribution in [2.45, 2.75) is 0 Å². The third-order valence-corrected chi connectivity index (χ3v) is 1.89. The molecule has 0 atom stereocenters. The van der Waals surface area contributed by atoms with E-state index in [-0.39, 0.29) is 0 Å². The summed E-state index contributed by atoms with van der Waals surface area (Å²) in [5.41, 5.74) is 1.01. The van der Waals surface area contributed by atoms with Gasteiger partial charge < -0.3 is 9.73 Å². The minimum absolute atomic E-state index is 0.531. The molecule has 0 saturated heterocycles. The molecule has 0 fully saturated rings. The fraction of sp³-hybridized carbons (Fsp3) is 0. The SMILES string of the molecule is c1coc(Nc2ccsc2)n1. The number of rotatable bonds is 2. The lowest BCUT2D eigenvalue weighted by Crippen LogP contribution is -1.86. The van der Waals surface area contributed by atoms with Gasteiger partial charge in [0.25, 0.3) is 6.01 Å². The molecule has 2 rings (SSSR count). The van der Waals surface area contributed by atoms with Gasteiger partial charge in [0.2, 0.25) is 0 Å². The number of nitrogens with one attached hydrogen (secondary N) is 1. The Kier molecular flexibility index (Phi) is 1.61. The second-order valence-electron chi connectivity index (χ2n) is 1.97. The molecule has 56 valence electrons. The second kappa shape index (κ2) is 2.75. The molecule has 0 aliphatic heterocycles. The van der Waals surface area contributed by atoms with E-state index in [9.17, 15) is 0 Å². The Morgan fingerprint density at radius 3 is 3.18 bits per heavy atom. The standard InChI is InChI=1S/C7H6N2OS/c1-4-11-5-6(1)9-7-8-2-3-10-7/h1-5H,(H,8,9). The zero-order chi connectivity index (χ0) is 7.52. The third-order valence-electron chi connectivity index (χ3n) is 1.20. The van der Waals surface area contributed by atoms with Crippen LogP contribution in [0.25, 0.3) is 0 Å². The van der Waals surface area contributed by atoms with Crippen LogP contribution < -0.4 is 5.32 Å². The first-order chi connectivity index (χ1) is 5.45. The molecule has 2 aromatic rings. The van der Waals surface area contributed by atoms with Gasteiger partial charge in [-0.1, -0.05) is 0 Å². The van der Waals surface area contributed by atoms with E-state index in [1.807, 2.05) is 16.8 Å². The van der Waals surface area contributed by atoms with E-state index in [0.717, 1.165) is 5.69 Å². The van der Waals surface area contributed by atoms with E-state index < -0.39 is 0 Å². The predicted molar refractivity (Wildman–Crippen MR) is 44.1 cm³/mol. The fourth-order valence-electron chi connectivity index (χ4n) is 0.744. The van der Waals surface area contributed by atoms with Gasteiger partial charge in [-0.25, -0.2) is 4.98 Å². The van der Waals surface area contributed by atoms with Gasteiger partial charge in [0.15, 0.2) is 0 Å². The Hall–Kier alpha value is -1.29. The maximum atomic E-state index is 4.99. The first kappa shape index (κ1) is 6.42. The summed E-state index contributed by atoms with van der Waals surface area (Å²) in [6, 6.07) is 2.50. The summed E-state index contributed by atoms with van der Waals surface area (Å²) < 4.78 is 4.99. The van der Waals surface area contributed by atoms with Gasteiger partial charge in [-0.3, -0.25) is 0 Å². The summed E-state index contributed by atoms with van der Waals surface area (Å²) in [5.74, 6) is 0. The molecular formula is C7H6N2OS. The summed E-state index contributed by atoms with van der Waals surface area (Å²) in [6.07, 6.45) is 3.14. The van der Waals surface area contributed by atoms with Gasteiger partial charge in [-0.15, -0.1) is 0 Å². The average molecular weight is 166 g/mol. The molecule has 0 aliphatic carbocycles. The Bertz CT molecular complexity index is 269. The van der Waals surface area contributed by atoms with Crippen molar-refractivity contribution in [2.75, 3.05) is 5.32 Å². The molecule has 0 spiro atoms. The minimum Gasteiger partial charge on any atom is -0.432 e. The first-order valence-electron chi connectivity index (χ1n) is 3.14. The maximum absolute atomic E-state index is 4.99. The number of aromatic nitrogens is 1. The molecule has 0 aromatic carbocycles. The molecular weight excluding hydrogens is 160 g/mol. The van der Waals surface area contributed by atoms with Crippen molar-refractivity contribution in [1.29, 1.82) is 0 Å². The van der Waals surface area contributed by atoms with Crippen molar-refractivity contribution in [1.82, 2.24) is 4.98 Å². The van der Waals surface area contributed by atoms with Gasteiger partial charge in [0.05, 0.1) is 11.9 Å². The molecule has 0 bridgehead atoms. The van der Waals surface area contributed by atoms with Gasteiger partial charge >= 0.3 is 0 Å². The summed E-state index contributed by atoms with van der Waals surface area (Å²) in [7, 11) is 0. The Labute approximate surface area is 67.7 Å². The number of anilines is 2. The van der Waals surface area contributed by atoms with Gasteiger partial charge in [0.1, 0.15) is 6.26 Å². The highest BCUT2D eigenvalue weighted by atomic mass is 32.1. The number of oxazole rings is 1. The predicted octanol–water partition coefficient (Wildman–Crippen LogP) is 2.48. The summed E-state index contributed by atoms with van der Waals surface area (Å²) in [5, 5.41) is 6.98. The van der Waals surface area contributed by atoms with Crippen molar-refractivity contribution >= 4 is 23.0 Å². The summed E-state index contributed by atoms with van der Waals surface area (Å²) in [6.45, 7) is 0. The van der Waals surface area contributed by atoms with Crippen molar-refractivity contribution < 1.29 is 4.42 Å². The van der Waals surface area contributed by atoms with Crippen molar-refractivity contribution in [2.24, 2.45) is 0 Å². The van der Waals surface area contributed by atoms with E-state index in [4.69, 9.17) is 4.42 Å². The van der Waals surface area contributed by atoms with E-state index in [0.29, 0.717) is 6.01 Å². The van der Waals surface area contributed by atoms with Crippen molar-refractivity contribution in [3.05, 3.63) is 29.3 Å². The number of nitrogens with zero attached hydrogens (tertiary/aromatic N) is 1. The van der Waals surface area contributed by atoms with Crippen LogP contribution in [0.2, 0.25) is 0 Å². The Morgan fingerprint density at radius 2 is 2.55 bits per heavy atom. The third kappa shape index (κ3) is 1.40. The Balaban J connectivity index is 2.14. The van der Waals surface area contributed by atoms with Crippen LogP contribution in [0, 0.1) is 0 Å². The minimum atomic E-state index is 0.531. The number of hydrogen-bond donors (Lipinski definition) is 1. The molecule has 2 heterocycles. The van der Waals surface area contributed by atoms with Gasteiger partial charge in [-0.05, 0) is 11.4 Å².